The molecule has 1 aliphatic rings. The van der Waals surface area contributed by atoms with Crippen LogP contribution in [-0.2, 0) is 6.42 Å². The number of para-hydroxylation sites is 1. The summed E-state index contributed by atoms with van der Waals surface area (Å²) in [6.45, 7) is 4.13. The molecule has 0 spiro atoms. The Morgan fingerprint density at radius 1 is 1.26 bits per heavy atom. The van der Waals surface area contributed by atoms with Gasteiger partial charge in [-0.3, -0.25) is 4.98 Å². The molecule has 0 aliphatic carbocycles. The summed E-state index contributed by atoms with van der Waals surface area (Å²) < 4.78 is 5.99. The van der Waals surface area contributed by atoms with E-state index in [4.69, 9.17) is 4.74 Å². The van der Waals surface area contributed by atoms with Crippen molar-refractivity contribution in [2.75, 3.05) is 0 Å². The van der Waals surface area contributed by atoms with Crippen LogP contribution in [0.2, 0.25) is 0 Å². The minimum atomic E-state index is -0.697. The molecule has 3 heteroatoms. The van der Waals surface area contributed by atoms with Gasteiger partial charge < -0.3 is 9.84 Å². The number of hydrogen-bond acceptors (Lipinski definition) is 3. The molecule has 1 aromatic carbocycles. The maximum absolute atomic E-state index is 10.5. The molecule has 19 heavy (non-hydrogen) atoms. The van der Waals surface area contributed by atoms with Crippen molar-refractivity contribution in [3.8, 4) is 5.75 Å². The van der Waals surface area contributed by atoms with Gasteiger partial charge in [-0.2, -0.15) is 0 Å². The summed E-state index contributed by atoms with van der Waals surface area (Å²) in [5.41, 5.74) is 2.55. The van der Waals surface area contributed by atoms with Gasteiger partial charge in [-0.05, 0) is 25.5 Å². The van der Waals surface area contributed by atoms with Crippen LogP contribution in [0.4, 0.5) is 0 Å². The molecule has 1 N–H and O–H groups in total. The molecule has 98 valence electrons. The highest BCUT2D eigenvalue weighted by Crippen LogP contribution is 2.41. The lowest BCUT2D eigenvalue weighted by atomic mass is 9.97. The number of pyridine rings is 1. The second kappa shape index (κ2) is 4.35. The molecule has 0 saturated heterocycles. The average Bonchev–Trinajstić information content (AvgIpc) is 2.72. The van der Waals surface area contributed by atoms with E-state index in [-0.39, 0.29) is 5.60 Å². The standard InChI is InChI=1S/C16H17NO2/c1-16(2)9-11-5-3-7-13(15(11)19-16)14(18)12-6-4-8-17-10-12/h3-8,10,14,18H,9H2,1-2H3. The normalized spacial score (nSPS) is 17.6. The van der Waals surface area contributed by atoms with Crippen LogP contribution >= 0.6 is 0 Å². The lowest BCUT2D eigenvalue weighted by Gasteiger charge is -2.20. The van der Waals surface area contributed by atoms with Gasteiger partial charge in [0.1, 0.15) is 17.5 Å². The smallest absolute Gasteiger partial charge is 0.129 e. The van der Waals surface area contributed by atoms with Gasteiger partial charge in [0.15, 0.2) is 0 Å². The Bertz CT molecular complexity index is 593. The number of aliphatic hydroxyl groups is 1. The fourth-order valence-electron chi connectivity index (χ4n) is 2.57. The monoisotopic (exact) mass is 255 g/mol. The number of benzene rings is 1. The van der Waals surface area contributed by atoms with E-state index in [0.29, 0.717) is 0 Å². The molecule has 0 radical (unpaired) electrons. The van der Waals surface area contributed by atoms with Crippen LogP contribution in [0.25, 0.3) is 0 Å². The van der Waals surface area contributed by atoms with E-state index in [1.165, 1.54) is 0 Å². The van der Waals surface area contributed by atoms with E-state index in [0.717, 1.165) is 28.9 Å². The highest BCUT2D eigenvalue weighted by Gasteiger charge is 2.33. The molecule has 1 unspecified atom stereocenters. The number of aliphatic hydroxyl groups excluding tert-OH is 1. The van der Waals surface area contributed by atoms with Crippen molar-refractivity contribution in [2.45, 2.75) is 32.0 Å². The van der Waals surface area contributed by atoms with Gasteiger partial charge in [0, 0.05) is 29.9 Å². The molecular weight excluding hydrogens is 238 g/mol. The summed E-state index contributed by atoms with van der Waals surface area (Å²) in [6, 6.07) is 9.64. The van der Waals surface area contributed by atoms with Crippen LogP contribution in [-0.4, -0.2) is 15.7 Å². The van der Waals surface area contributed by atoms with Gasteiger partial charge in [-0.1, -0.05) is 24.3 Å². The quantitative estimate of drug-likeness (QED) is 0.897. The molecular formula is C16H17NO2. The van der Waals surface area contributed by atoms with Gasteiger partial charge >= 0.3 is 0 Å². The van der Waals surface area contributed by atoms with Gasteiger partial charge in [-0.25, -0.2) is 0 Å². The van der Waals surface area contributed by atoms with Crippen molar-refractivity contribution in [3.05, 3.63) is 59.4 Å². The molecule has 2 heterocycles. The van der Waals surface area contributed by atoms with Crippen LogP contribution in [0.5, 0.6) is 5.75 Å². The zero-order chi connectivity index (χ0) is 13.5. The fourth-order valence-corrected chi connectivity index (χ4v) is 2.57. The Morgan fingerprint density at radius 2 is 2.11 bits per heavy atom. The van der Waals surface area contributed by atoms with Crippen molar-refractivity contribution >= 4 is 0 Å². The van der Waals surface area contributed by atoms with E-state index in [1.807, 2.05) is 24.3 Å². The molecule has 1 aliphatic heterocycles. The first kappa shape index (κ1) is 12.2. The Hall–Kier alpha value is -1.87. The van der Waals surface area contributed by atoms with Crippen LogP contribution in [0.3, 0.4) is 0 Å². The lowest BCUT2D eigenvalue weighted by Crippen LogP contribution is -2.25. The molecule has 0 saturated carbocycles. The van der Waals surface area contributed by atoms with Crippen molar-refractivity contribution < 1.29 is 9.84 Å². The summed E-state index contributed by atoms with van der Waals surface area (Å²) in [7, 11) is 0. The van der Waals surface area contributed by atoms with Crippen molar-refractivity contribution in [3.63, 3.8) is 0 Å². The number of aromatic nitrogens is 1. The Labute approximate surface area is 112 Å². The molecule has 2 aromatic rings. The van der Waals surface area contributed by atoms with Crippen LogP contribution in [0, 0.1) is 0 Å². The predicted octanol–water partition coefficient (Wildman–Crippen LogP) is 2.88. The minimum absolute atomic E-state index is 0.201. The molecule has 1 aromatic heterocycles. The molecule has 0 fully saturated rings. The maximum atomic E-state index is 10.5. The number of ether oxygens (including phenoxy) is 1. The molecule has 1 atom stereocenters. The van der Waals surface area contributed by atoms with Gasteiger partial charge in [0.25, 0.3) is 0 Å². The van der Waals surface area contributed by atoms with E-state index >= 15 is 0 Å². The van der Waals surface area contributed by atoms with E-state index in [1.54, 1.807) is 12.4 Å². The topological polar surface area (TPSA) is 42.4 Å². The largest absolute Gasteiger partial charge is 0.487 e. The number of rotatable bonds is 2. The lowest BCUT2D eigenvalue weighted by molar-refractivity contribution is 0.131. The van der Waals surface area contributed by atoms with Crippen molar-refractivity contribution in [1.29, 1.82) is 0 Å². The third kappa shape index (κ3) is 2.22. The zero-order valence-electron chi connectivity index (χ0n) is 11.1. The fraction of sp³-hybridized carbons (Fsp3) is 0.312. The SMILES string of the molecule is CC1(C)Cc2cccc(C(O)c3cccnc3)c2O1. The first-order valence-corrected chi connectivity index (χ1v) is 6.46. The predicted molar refractivity (Wildman–Crippen MR) is 73.2 cm³/mol. The molecule has 0 amide bonds. The molecule has 3 rings (SSSR count). The van der Waals surface area contributed by atoms with Crippen LogP contribution < -0.4 is 4.74 Å². The third-order valence-corrected chi connectivity index (χ3v) is 3.42. The summed E-state index contributed by atoms with van der Waals surface area (Å²) in [5, 5.41) is 10.5. The van der Waals surface area contributed by atoms with E-state index in [9.17, 15) is 5.11 Å². The first-order valence-electron chi connectivity index (χ1n) is 6.46. The van der Waals surface area contributed by atoms with E-state index in [2.05, 4.69) is 24.9 Å². The average molecular weight is 255 g/mol. The van der Waals surface area contributed by atoms with Gasteiger partial charge in [0.05, 0.1) is 0 Å². The molecule has 0 bridgehead atoms. The Balaban J connectivity index is 2.02. The second-order valence-electron chi connectivity index (χ2n) is 5.56. The number of fused-ring (bicyclic) bond motifs is 1. The van der Waals surface area contributed by atoms with Crippen molar-refractivity contribution in [1.82, 2.24) is 4.98 Å². The van der Waals surface area contributed by atoms with Gasteiger partial charge in [-0.15, -0.1) is 0 Å². The summed E-state index contributed by atoms with van der Waals surface area (Å²) in [5.74, 6) is 0.823. The van der Waals surface area contributed by atoms with Gasteiger partial charge in [0.2, 0.25) is 0 Å². The number of hydrogen-bond donors (Lipinski definition) is 1. The first-order chi connectivity index (χ1) is 9.07. The van der Waals surface area contributed by atoms with Crippen molar-refractivity contribution in [2.24, 2.45) is 0 Å². The summed E-state index contributed by atoms with van der Waals surface area (Å²) in [4.78, 5) is 4.05. The maximum Gasteiger partial charge on any atom is 0.129 e. The van der Waals surface area contributed by atoms with E-state index < -0.39 is 6.10 Å². The third-order valence-electron chi connectivity index (χ3n) is 3.42. The Morgan fingerprint density at radius 3 is 2.84 bits per heavy atom. The highest BCUT2D eigenvalue weighted by molar-refractivity contribution is 5.48. The Kier molecular flexibility index (Phi) is 2.79. The summed E-state index contributed by atoms with van der Waals surface area (Å²) >= 11 is 0. The second-order valence-corrected chi connectivity index (χ2v) is 5.56. The van der Waals surface area contributed by atoms with Crippen LogP contribution in [0.1, 0.15) is 36.6 Å². The number of nitrogens with zero attached hydrogens (tertiary/aromatic N) is 1. The summed E-state index contributed by atoms with van der Waals surface area (Å²) in [6.07, 6.45) is 3.56. The highest BCUT2D eigenvalue weighted by atomic mass is 16.5. The minimum Gasteiger partial charge on any atom is -0.487 e. The zero-order valence-corrected chi connectivity index (χ0v) is 11.1. The molecule has 3 nitrogen and oxygen atoms in total. The van der Waals surface area contributed by atoms with Crippen LogP contribution in [0.15, 0.2) is 42.7 Å².